The van der Waals surface area contributed by atoms with E-state index in [1.54, 1.807) is 36.5 Å². The molecule has 0 amide bonds. The van der Waals surface area contributed by atoms with Gasteiger partial charge < -0.3 is 0 Å². The molecular weight excluding hydrogens is 456 g/mol. The Balaban J connectivity index is 1.51. The van der Waals surface area contributed by atoms with Gasteiger partial charge in [0, 0.05) is 23.3 Å². The lowest BCUT2D eigenvalue weighted by Crippen LogP contribution is -2.06. The van der Waals surface area contributed by atoms with Gasteiger partial charge in [-0.3, -0.25) is 4.98 Å². The van der Waals surface area contributed by atoms with Crippen LogP contribution >= 0.6 is 0 Å². The predicted octanol–water partition coefficient (Wildman–Crippen LogP) is 5.51. The average molecular weight is 477 g/mol. The van der Waals surface area contributed by atoms with Crippen molar-refractivity contribution in [3.63, 3.8) is 0 Å². The van der Waals surface area contributed by atoms with E-state index in [4.69, 9.17) is 5.26 Å². The molecule has 0 saturated carbocycles. The Morgan fingerprint density at radius 2 is 1.66 bits per heavy atom. The maximum absolute atomic E-state index is 13.0. The first kappa shape index (κ1) is 22.4. The van der Waals surface area contributed by atoms with Crippen molar-refractivity contribution in [1.29, 1.82) is 5.26 Å². The fourth-order valence-corrected chi connectivity index (χ4v) is 5.40. The molecule has 0 unspecified atom stereocenters. The lowest BCUT2D eigenvalue weighted by Gasteiger charge is -2.12. The van der Waals surface area contributed by atoms with Crippen molar-refractivity contribution in [2.75, 3.05) is 0 Å². The molecule has 0 saturated heterocycles. The number of fused-ring (bicyclic) bond motifs is 1. The Bertz CT molecular complexity index is 1690. The zero-order valence-electron chi connectivity index (χ0n) is 18.9. The predicted molar refractivity (Wildman–Crippen MR) is 135 cm³/mol. The monoisotopic (exact) mass is 476 g/mol. The van der Waals surface area contributed by atoms with Crippen LogP contribution in [0.15, 0.2) is 96.4 Å². The highest BCUT2D eigenvalue weighted by Crippen LogP contribution is 2.33. The minimum Gasteiger partial charge on any atom is -0.256 e. The van der Waals surface area contributed by atoms with Crippen LogP contribution in [0.5, 0.6) is 0 Å². The molecule has 2 heterocycles. The van der Waals surface area contributed by atoms with Crippen molar-refractivity contribution in [1.82, 2.24) is 15.0 Å². The van der Waals surface area contributed by atoms with Crippen LogP contribution in [0.2, 0.25) is 0 Å². The molecule has 0 bridgehead atoms. The minimum absolute atomic E-state index is 0.186. The number of nitriles is 1. The molecule has 7 heteroatoms. The van der Waals surface area contributed by atoms with Gasteiger partial charge in [0.05, 0.1) is 33.7 Å². The molecule has 0 aliphatic carbocycles. The van der Waals surface area contributed by atoms with E-state index < -0.39 is 9.84 Å². The van der Waals surface area contributed by atoms with Crippen LogP contribution in [0.25, 0.3) is 33.2 Å². The molecule has 5 aromatic rings. The molecule has 0 atom stereocenters. The van der Waals surface area contributed by atoms with Crippen molar-refractivity contribution in [3.8, 4) is 28.5 Å². The molecule has 5 rings (SSSR count). The van der Waals surface area contributed by atoms with E-state index in [-0.39, 0.29) is 10.6 Å². The van der Waals surface area contributed by atoms with Crippen molar-refractivity contribution in [2.45, 2.75) is 17.6 Å². The summed E-state index contributed by atoms with van der Waals surface area (Å²) >= 11 is 0. The molecular formula is C28H20N4O2S. The van der Waals surface area contributed by atoms with Gasteiger partial charge in [-0.2, -0.15) is 5.26 Å². The first-order valence-electron chi connectivity index (χ1n) is 10.9. The number of aromatic nitrogens is 3. The van der Waals surface area contributed by atoms with E-state index in [1.165, 1.54) is 12.5 Å². The molecule has 0 aliphatic heterocycles. The van der Waals surface area contributed by atoms with E-state index in [2.05, 4.69) is 27.1 Å². The number of nitrogens with zero attached hydrogens (tertiary/aromatic N) is 4. The van der Waals surface area contributed by atoms with Gasteiger partial charge in [-0.1, -0.05) is 36.4 Å². The number of hydrogen-bond acceptors (Lipinski definition) is 6. The molecule has 170 valence electrons. The van der Waals surface area contributed by atoms with Gasteiger partial charge in [0.2, 0.25) is 0 Å². The number of rotatable bonds is 5. The fourth-order valence-electron chi connectivity index (χ4n) is 4.09. The van der Waals surface area contributed by atoms with Crippen molar-refractivity contribution in [3.05, 3.63) is 108 Å². The summed E-state index contributed by atoms with van der Waals surface area (Å²) in [5.41, 5.74) is 5.98. The van der Waals surface area contributed by atoms with Crippen molar-refractivity contribution < 1.29 is 8.42 Å². The second-order valence-corrected chi connectivity index (χ2v) is 10.2. The summed E-state index contributed by atoms with van der Waals surface area (Å²) in [5.74, 6) is -0.186. The van der Waals surface area contributed by atoms with Gasteiger partial charge in [-0.05, 0) is 65.4 Å². The van der Waals surface area contributed by atoms with Crippen molar-refractivity contribution in [2.24, 2.45) is 0 Å². The van der Waals surface area contributed by atoms with Gasteiger partial charge in [0.15, 0.2) is 9.84 Å². The van der Waals surface area contributed by atoms with Crippen LogP contribution in [0.4, 0.5) is 0 Å². The zero-order chi connectivity index (χ0) is 24.4. The molecule has 0 fully saturated rings. The van der Waals surface area contributed by atoms with Crippen LogP contribution in [-0.4, -0.2) is 23.4 Å². The third-order valence-electron chi connectivity index (χ3n) is 5.90. The topological polar surface area (TPSA) is 96.6 Å². The van der Waals surface area contributed by atoms with E-state index in [1.807, 2.05) is 43.3 Å². The van der Waals surface area contributed by atoms with E-state index >= 15 is 0 Å². The Morgan fingerprint density at radius 1 is 0.857 bits per heavy atom. The normalized spacial score (nSPS) is 11.3. The van der Waals surface area contributed by atoms with Crippen molar-refractivity contribution >= 4 is 20.6 Å². The first-order chi connectivity index (χ1) is 16.9. The summed E-state index contributed by atoms with van der Waals surface area (Å²) in [7, 11) is -3.56. The Hall–Kier alpha value is -4.41. The molecule has 0 spiro atoms. The second-order valence-electron chi connectivity index (χ2n) is 8.22. The lowest BCUT2D eigenvalue weighted by molar-refractivity contribution is 0.594. The Labute approximate surface area is 203 Å². The molecule has 6 nitrogen and oxygen atoms in total. The van der Waals surface area contributed by atoms with Crippen LogP contribution in [0, 0.1) is 18.3 Å². The molecule has 0 radical (unpaired) electrons. The number of pyridine rings is 1. The third-order valence-corrected chi connectivity index (χ3v) is 7.55. The van der Waals surface area contributed by atoms with Gasteiger partial charge in [0.25, 0.3) is 0 Å². The highest BCUT2D eigenvalue weighted by molar-refractivity contribution is 7.90. The SMILES string of the molecule is Cc1cc(-c2ccc(C#N)cc2)ccc1-c1nccc2cc(S(=O)(=O)Cc3ccncn3)ccc12. The Kier molecular flexibility index (Phi) is 5.81. The van der Waals surface area contributed by atoms with E-state index in [0.29, 0.717) is 11.3 Å². The smallest absolute Gasteiger partial charge is 0.184 e. The molecule has 35 heavy (non-hydrogen) atoms. The third kappa shape index (κ3) is 4.52. The summed E-state index contributed by atoms with van der Waals surface area (Å²) < 4.78 is 25.9. The molecule has 0 aliphatic rings. The maximum Gasteiger partial charge on any atom is 0.184 e. The quantitative estimate of drug-likeness (QED) is 0.332. The summed E-state index contributed by atoms with van der Waals surface area (Å²) in [4.78, 5) is 12.7. The van der Waals surface area contributed by atoms with Gasteiger partial charge in [-0.15, -0.1) is 0 Å². The summed E-state index contributed by atoms with van der Waals surface area (Å²) in [6.07, 6.45) is 4.58. The largest absolute Gasteiger partial charge is 0.256 e. The number of hydrogen-bond donors (Lipinski definition) is 0. The highest BCUT2D eigenvalue weighted by Gasteiger charge is 2.18. The van der Waals surface area contributed by atoms with Crippen LogP contribution in [0.3, 0.4) is 0 Å². The number of aryl methyl sites for hydroxylation is 1. The Morgan fingerprint density at radius 3 is 2.37 bits per heavy atom. The lowest BCUT2D eigenvalue weighted by atomic mass is 9.95. The average Bonchev–Trinajstić information content (AvgIpc) is 2.88. The van der Waals surface area contributed by atoms with Crippen LogP contribution in [0.1, 0.15) is 16.8 Å². The van der Waals surface area contributed by atoms with E-state index in [9.17, 15) is 8.42 Å². The highest BCUT2D eigenvalue weighted by atomic mass is 32.2. The second kappa shape index (κ2) is 9.09. The van der Waals surface area contributed by atoms with Crippen LogP contribution in [-0.2, 0) is 15.6 Å². The maximum atomic E-state index is 13.0. The molecule has 2 aromatic heterocycles. The van der Waals surface area contributed by atoms with Gasteiger partial charge in [-0.25, -0.2) is 18.4 Å². The summed E-state index contributed by atoms with van der Waals surface area (Å²) in [6, 6.07) is 24.3. The zero-order valence-corrected chi connectivity index (χ0v) is 19.7. The number of benzene rings is 3. The minimum atomic E-state index is -3.56. The van der Waals surface area contributed by atoms with E-state index in [0.717, 1.165) is 38.7 Å². The summed E-state index contributed by atoms with van der Waals surface area (Å²) in [6.45, 7) is 2.03. The molecule has 0 N–H and O–H groups in total. The van der Waals surface area contributed by atoms with Gasteiger partial charge >= 0.3 is 0 Å². The summed E-state index contributed by atoms with van der Waals surface area (Å²) in [5, 5.41) is 10.7. The first-order valence-corrected chi connectivity index (χ1v) is 12.6. The fraction of sp³-hybridized carbons (Fsp3) is 0.0714. The van der Waals surface area contributed by atoms with Gasteiger partial charge in [0.1, 0.15) is 6.33 Å². The molecule has 3 aromatic carbocycles. The van der Waals surface area contributed by atoms with Crippen LogP contribution < -0.4 is 0 Å². The number of sulfone groups is 1. The standard InChI is InChI=1S/C28H20N4O2S/c1-19-14-22(21-4-2-20(16-29)3-5-21)6-8-26(19)28-27-9-7-25(15-23(27)10-13-31-28)35(33,34)17-24-11-12-30-18-32-24/h2-15,18H,17H2,1H3.